The Hall–Kier alpha value is -5.74. The molecular weight excluding hydrogens is 526 g/mol. The molecule has 2 N–H and O–H groups in total. The Kier molecular flexibility index (Phi) is 7.92. The fourth-order valence-electron chi connectivity index (χ4n) is 4.94. The lowest BCUT2D eigenvalue weighted by atomic mass is 9.97. The molecule has 0 aliphatic rings. The van der Waals surface area contributed by atoms with E-state index in [9.17, 15) is 0 Å². The number of hydrogen-bond acceptors (Lipinski definition) is 3. The van der Waals surface area contributed by atoms with E-state index >= 15 is 0 Å². The first-order valence-corrected chi connectivity index (χ1v) is 14.1. The van der Waals surface area contributed by atoms with Crippen molar-refractivity contribution >= 4 is 33.8 Å². The largest absolute Gasteiger partial charge is 0.436 e. The highest BCUT2D eigenvalue weighted by Crippen LogP contribution is 2.32. The summed E-state index contributed by atoms with van der Waals surface area (Å²) in [6.07, 6.45) is 9.44. The van der Waals surface area contributed by atoms with Crippen LogP contribution in [0.25, 0.3) is 50.5 Å². The number of hydrogen-bond donors (Lipinski definition) is 1. The van der Waals surface area contributed by atoms with E-state index in [1.54, 1.807) is 12.2 Å². The zero-order valence-electron chi connectivity index (χ0n) is 23.7. The van der Waals surface area contributed by atoms with Crippen molar-refractivity contribution in [2.75, 3.05) is 0 Å². The second kappa shape index (κ2) is 12.4. The molecular formula is C39H31N3O. The Morgan fingerprint density at radius 2 is 1.49 bits per heavy atom. The number of aromatic nitrogens is 1. The van der Waals surface area contributed by atoms with Gasteiger partial charge in [0.05, 0.1) is 6.04 Å². The molecule has 1 heterocycles. The van der Waals surface area contributed by atoms with Gasteiger partial charge in [-0.3, -0.25) is 4.99 Å². The summed E-state index contributed by atoms with van der Waals surface area (Å²) in [6, 6.07) is 38.9. The Labute approximate surface area is 251 Å². The summed E-state index contributed by atoms with van der Waals surface area (Å²) < 4.78 is 6.01. The predicted octanol–water partition coefficient (Wildman–Crippen LogP) is 9.73. The molecule has 1 atom stereocenters. The van der Waals surface area contributed by atoms with Gasteiger partial charge >= 0.3 is 0 Å². The third-order valence-electron chi connectivity index (χ3n) is 7.26. The molecule has 0 radical (unpaired) electrons. The molecule has 0 aliphatic heterocycles. The van der Waals surface area contributed by atoms with Gasteiger partial charge < -0.3 is 10.2 Å². The molecule has 6 aromatic rings. The van der Waals surface area contributed by atoms with Crippen molar-refractivity contribution < 1.29 is 4.42 Å². The van der Waals surface area contributed by atoms with Crippen LogP contribution in [0.2, 0.25) is 0 Å². The van der Waals surface area contributed by atoms with Crippen molar-refractivity contribution in [3.05, 3.63) is 169 Å². The van der Waals surface area contributed by atoms with E-state index < -0.39 is 0 Å². The van der Waals surface area contributed by atoms with Gasteiger partial charge in [-0.15, -0.1) is 0 Å². The topological polar surface area (TPSA) is 64.4 Å². The summed E-state index contributed by atoms with van der Waals surface area (Å²) in [6.45, 7) is 7.77. The minimum atomic E-state index is -0.286. The highest BCUT2D eigenvalue weighted by Gasteiger charge is 2.12. The van der Waals surface area contributed by atoms with E-state index in [4.69, 9.17) is 20.1 Å². The molecule has 208 valence electrons. The molecule has 0 aliphatic carbocycles. The zero-order chi connectivity index (χ0) is 29.6. The van der Waals surface area contributed by atoms with E-state index in [-0.39, 0.29) is 6.04 Å². The van der Waals surface area contributed by atoms with Crippen LogP contribution < -0.4 is 5.73 Å². The molecule has 0 spiro atoms. The minimum absolute atomic E-state index is 0.286. The Morgan fingerprint density at radius 1 is 0.791 bits per heavy atom. The first-order valence-electron chi connectivity index (χ1n) is 14.1. The van der Waals surface area contributed by atoms with E-state index in [1.807, 2.05) is 60.7 Å². The van der Waals surface area contributed by atoms with Crippen LogP contribution in [-0.4, -0.2) is 10.8 Å². The number of rotatable bonds is 9. The van der Waals surface area contributed by atoms with Crippen molar-refractivity contribution in [2.24, 2.45) is 10.7 Å². The second-order valence-electron chi connectivity index (χ2n) is 10.2. The van der Waals surface area contributed by atoms with E-state index in [1.165, 1.54) is 0 Å². The van der Waals surface area contributed by atoms with Crippen LogP contribution in [-0.2, 0) is 0 Å². The van der Waals surface area contributed by atoms with E-state index in [0.717, 1.165) is 49.7 Å². The second-order valence-corrected chi connectivity index (χ2v) is 10.2. The van der Waals surface area contributed by atoms with E-state index in [2.05, 4.69) is 86.0 Å². The normalized spacial score (nSPS) is 12.8. The van der Waals surface area contributed by atoms with E-state index in [0.29, 0.717) is 17.3 Å². The van der Waals surface area contributed by atoms with Gasteiger partial charge in [-0.25, -0.2) is 4.98 Å². The molecule has 0 fully saturated rings. The molecule has 0 amide bonds. The summed E-state index contributed by atoms with van der Waals surface area (Å²) >= 11 is 0. The van der Waals surface area contributed by atoms with Gasteiger partial charge in [0.15, 0.2) is 5.58 Å². The fourth-order valence-corrected chi connectivity index (χ4v) is 4.94. The zero-order valence-corrected chi connectivity index (χ0v) is 23.7. The molecule has 6 rings (SSSR count). The van der Waals surface area contributed by atoms with Gasteiger partial charge in [0.2, 0.25) is 5.89 Å². The summed E-state index contributed by atoms with van der Waals surface area (Å²) in [5, 5.41) is 2.25. The third kappa shape index (κ3) is 6.29. The maximum absolute atomic E-state index is 6.36. The standard InChI is InChI=1S/C39H31N3O/c1-3-4-11-27(2)38(40)41-35(22-16-28-12-7-5-8-13-28)34-20-19-30-24-31(17-18-32(30)25-34)33-21-23-37-36(26-33)42-39(43-37)29-14-9-6-10-15-29/h3-26,35H,1-2H2,(H2,40,41)/b11-4-,22-16+. The molecule has 1 aromatic heterocycles. The number of fused-ring (bicyclic) bond motifs is 2. The molecule has 0 saturated carbocycles. The van der Waals surface area contributed by atoms with Crippen LogP contribution in [0.3, 0.4) is 0 Å². The lowest BCUT2D eigenvalue weighted by molar-refractivity contribution is 0.620. The first-order chi connectivity index (χ1) is 21.1. The Morgan fingerprint density at radius 3 is 2.28 bits per heavy atom. The highest BCUT2D eigenvalue weighted by atomic mass is 16.3. The van der Waals surface area contributed by atoms with Gasteiger partial charge in [-0.2, -0.15) is 0 Å². The average Bonchev–Trinajstić information content (AvgIpc) is 3.49. The number of nitrogens with zero attached hydrogens (tertiary/aromatic N) is 2. The van der Waals surface area contributed by atoms with Crippen molar-refractivity contribution in [1.29, 1.82) is 0 Å². The summed E-state index contributed by atoms with van der Waals surface area (Å²) in [7, 11) is 0. The molecule has 0 saturated heterocycles. The summed E-state index contributed by atoms with van der Waals surface area (Å²) in [5.41, 5.74) is 13.9. The number of nitrogens with two attached hydrogens (primary N) is 1. The van der Waals surface area contributed by atoms with Gasteiger partial charge in [-0.05, 0) is 69.4 Å². The van der Waals surface area contributed by atoms with Crippen LogP contribution in [0.1, 0.15) is 17.2 Å². The highest BCUT2D eigenvalue weighted by molar-refractivity contribution is 5.99. The molecule has 1 unspecified atom stereocenters. The van der Waals surface area contributed by atoms with Crippen LogP contribution in [0.4, 0.5) is 0 Å². The molecule has 43 heavy (non-hydrogen) atoms. The van der Waals surface area contributed by atoms with Gasteiger partial charge in [0.25, 0.3) is 0 Å². The van der Waals surface area contributed by atoms with Crippen LogP contribution in [0, 0.1) is 0 Å². The van der Waals surface area contributed by atoms with Crippen molar-refractivity contribution in [1.82, 2.24) is 4.98 Å². The van der Waals surface area contributed by atoms with Gasteiger partial charge in [0.1, 0.15) is 11.4 Å². The number of aliphatic imine (C=N–C) groups is 1. The lowest BCUT2D eigenvalue weighted by Crippen LogP contribution is -2.14. The maximum Gasteiger partial charge on any atom is 0.227 e. The summed E-state index contributed by atoms with van der Waals surface area (Å²) in [4.78, 5) is 9.59. The third-order valence-corrected chi connectivity index (χ3v) is 7.26. The van der Waals surface area contributed by atoms with Gasteiger partial charge in [0, 0.05) is 11.1 Å². The minimum Gasteiger partial charge on any atom is -0.436 e. The fraction of sp³-hybridized carbons (Fsp3) is 0.0256. The Bertz CT molecular complexity index is 2010. The monoisotopic (exact) mass is 557 g/mol. The van der Waals surface area contributed by atoms with Gasteiger partial charge in [-0.1, -0.05) is 122 Å². The summed E-state index contributed by atoms with van der Waals surface area (Å²) in [5.74, 6) is 1.01. The van der Waals surface area contributed by atoms with Crippen molar-refractivity contribution in [3.63, 3.8) is 0 Å². The Balaban J connectivity index is 1.32. The maximum atomic E-state index is 6.36. The quantitative estimate of drug-likeness (QED) is 0.109. The molecule has 0 bridgehead atoms. The lowest BCUT2D eigenvalue weighted by Gasteiger charge is -2.13. The van der Waals surface area contributed by atoms with Crippen LogP contribution in [0.15, 0.2) is 168 Å². The van der Waals surface area contributed by atoms with Crippen molar-refractivity contribution in [2.45, 2.75) is 6.04 Å². The number of allylic oxidation sites excluding steroid dienone is 2. The first kappa shape index (κ1) is 27.4. The number of amidine groups is 1. The van der Waals surface area contributed by atoms with Crippen molar-refractivity contribution in [3.8, 4) is 22.6 Å². The smallest absolute Gasteiger partial charge is 0.227 e. The average molecular weight is 558 g/mol. The molecule has 4 heteroatoms. The predicted molar refractivity (Wildman–Crippen MR) is 181 cm³/mol. The van der Waals surface area contributed by atoms with Crippen LogP contribution >= 0.6 is 0 Å². The molecule has 5 aromatic carbocycles. The number of oxazole rings is 1. The van der Waals surface area contributed by atoms with Crippen LogP contribution in [0.5, 0.6) is 0 Å². The number of benzene rings is 5. The SMILES string of the molecule is C=C/C=C\C(=C)C(N)=NC(/C=C/c1ccccc1)c1ccc2cc(-c3ccc4oc(-c5ccccc5)nc4c3)ccc2c1. The molecule has 4 nitrogen and oxygen atoms in total.